The predicted octanol–water partition coefficient (Wildman–Crippen LogP) is 5.88. The lowest BCUT2D eigenvalue weighted by Crippen LogP contribution is -2.54. The van der Waals surface area contributed by atoms with Gasteiger partial charge in [-0.1, -0.05) is 39.7 Å². The Kier molecular flexibility index (Phi) is 7.68. The Hall–Kier alpha value is -0.420. The first kappa shape index (κ1) is 26.6. The van der Waals surface area contributed by atoms with Crippen molar-refractivity contribution in [3.63, 3.8) is 0 Å². The van der Waals surface area contributed by atoms with E-state index < -0.39 is 11.7 Å². The van der Waals surface area contributed by atoms with Crippen molar-refractivity contribution in [2.24, 2.45) is 40.4 Å². The van der Waals surface area contributed by atoms with Gasteiger partial charge in [-0.25, -0.2) is 0 Å². The van der Waals surface area contributed by atoms with Gasteiger partial charge in [0.05, 0.1) is 24.4 Å². The molecule has 0 aliphatic heterocycles. The van der Waals surface area contributed by atoms with Crippen LogP contribution in [0.2, 0.25) is 0 Å². The third-order valence-corrected chi connectivity index (χ3v) is 10.8. The largest absolute Gasteiger partial charge is 0.393 e. The summed E-state index contributed by atoms with van der Waals surface area (Å²) in [5.74, 6) is 3.75. The smallest absolute Gasteiger partial charge is 0.102 e. The average molecular weight is 477 g/mol. The number of aliphatic hydroxyl groups excluding tert-OH is 2. The number of fused-ring (bicyclic) bond motifs is 5. The number of aliphatic hydroxyl groups is 3. The molecule has 4 rings (SSSR count). The van der Waals surface area contributed by atoms with Crippen LogP contribution in [0.3, 0.4) is 0 Å². The Morgan fingerprint density at radius 3 is 2.47 bits per heavy atom. The van der Waals surface area contributed by atoms with Crippen molar-refractivity contribution in [3.05, 3.63) is 11.6 Å². The van der Waals surface area contributed by atoms with Crippen molar-refractivity contribution in [2.45, 2.75) is 130 Å². The summed E-state index contributed by atoms with van der Waals surface area (Å²) in [6, 6.07) is 0. The van der Waals surface area contributed by atoms with Crippen LogP contribution in [-0.2, 0) is 4.74 Å². The first-order chi connectivity index (χ1) is 15.9. The maximum absolute atomic E-state index is 11.3. The minimum Gasteiger partial charge on any atom is -0.393 e. The Balaban J connectivity index is 1.47. The minimum absolute atomic E-state index is 0.0826. The summed E-state index contributed by atoms with van der Waals surface area (Å²) in [7, 11) is 0. The van der Waals surface area contributed by atoms with Crippen molar-refractivity contribution < 1.29 is 20.1 Å². The summed E-state index contributed by atoms with van der Waals surface area (Å²) in [6.07, 6.45) is 13.2. The molecule has 4 nitrogen and oxygen atoms in total. The van der Waals surface area contributed by atoms with E-state index in [0.29, 0.717) is 11.3 Å². The van der Waals surface area contributed by atoms with E-state index in [9.17, 15) is 15.3 Å². The summed E-state index contributed by atoms with van der Waals surface area (Å²) < 4.78 is 6.01. The highest BCUT2D eigenvalue weighted by Gasteiger charge is 2.60. The van der Waals surface area contributed by atoms with E-state index in [1.807, 2.05) is 6.92 Å². The molecule has 0 aromatic heterocycles. The molecule has 0 heterocycles. The zero-order valence-electron chi connectivity index (χ0n) is 22.7. The Morgan fingerprint density at radius 1 is 1.06 bits per heavy atom. The molecule has 4 aliphatic rings. The number of hydrogen-bond acceptors (Lipinski definition) is 4. The van der Waals surface area contributed by atoms with Gasteiger partial charge in [0, 0.05) is 0 Å². The molecule has 4 heteroatoms. The van der Waals surface area contributed by atoms with Gasteiger partial charge in [0.1, 0.15) is 6.10 Å². The Bertz CT molecular complexity index is 739. The SMILES string of the molecule is CC(O)CCC[C@@H](C)C1CCC2C3CC=C4C(O)C(OCC(C)(C)O)CCC4(C)C3CCC21C. The van der Waals surface area contributed by atoms with Crippen molar-refractivity contribution in [3.8, 4) is 0 Å². The molecule has 0 aromatic carbocycles. The van der Waals surface area contributed by atoms with Crippen molar-refractivity contribution in [1.82, 2.24) is 0 Å². The van der Waals surface area contributed by atoms with Crippen LogP contribution in [0.15, 0.2) is 11.6 Å². The standard InChI is InChI=1S/C30H52O4/c1-19(8-7-9-20(2)31)22-12-13-23-21-10-11-25-27(32)26(34-18-28(3,4)33)15-17-30(25,6)24(21)14-16-29(22,23)5/h11,19-24,26-27,31-33H,7-10,12-18H2,1-6H3/t19-,20?,21?,22?,23?,24?,26?,27?,29?,30?/m1/s1. The van der Waals surface area contributed by atoms with Gasteiger partial charge in [-0.2, -0.15) is 0 Å². The minimum atomic E-state index is -0.868. The van der Waals surface area contributed by atoms with E-state index in [1.165, 1.54) is 37.7 Å². The molecule has 3 fully saturated rings. The zero-order chi connectivity index (χ0) is 24.9. The first-order valence-corrected chi connectivity index (χ1v) is 14.3. The lowest BCUT2D eigenvalue weighted by Gasteiger charge is -2.59. The fraction of sp³-hybridized carbons (Fsp3) is 0.933. The maximum atomic E-state index is 11.3. The van der Waals surface area contributed by atoms with E-state index in [2.05, 4.69) is 26.8 Å². The number of rotatable bonds is 8. The third kappa shape index (κ3) is 4.91. The molecule has 4 aliphatic carbocycles. The summed E-state index contributed by atoms with van der Waals surface area (Å²) in [6.45, 7) is 13.2. The molecule has 10 atom stereocenters. The van der Waals surface area contributed by atoms with Crippen LogP contribution >= 0.6 is 0 Å². The second-order valence-corrected chi connectivity index (χ2v) is 13.8. The van der Waals surface area contributed by atoms with Crippen LogP contribution in [-0.4, -0.2) is 45.8 Å². The molecule has 3 saturated carbocycles. The Labute approximate surface area is 208 Å². The second-order valence-electron chi connectivity index (χ2n) is 13.8. The van der Waals surface area contributed by atoms with Gasteiger partial charge in [0.2, 0.25) is 0 Å². The van der Waals surface area contributed by atoms with Gasteiger partial charge < -0.3 is 20.1 Å². The van der Waals surface area contributed by atoms with E-state index in [0.717, 1.165) is 55.8 Å². The lowest BCUT2D eigenvalue weighted by molar-refractivity contribution is -0.120. The summed E-state index contributed by atoms with van der Waals surface area (Å²) in [5.41, 5.74) is 0.885. The third-order valence-electron chi connectivity index (χ3n) is 10.8. The van der Waals surface area contributed by atoms with E-state index >= 15 is 0 Å². The fourth-order valence-corrected chi connectivity index (χ4v) is 9.10. The summed E-state index contributed by atoms with van der Waals surface area (Å²) in [4.78, 5) is 0. The normalized spacial score (nSPS) is 44.0. The van der Waals surface area contributed by atoms with Crippen molar-refractivity contribution >= 4 is 0 Å². The first-order valence-electron chi connectivity index (χ1n) is 14.3. The van der Waals surface area contributed by atoms with E-state index in [4.69, 9.17) is 4.74 Å². The molecule has 3 N–H and O–H groups in total. The number of ether oxygens (including phenoxy) is 1. The second kappa shape index (κ2) is 9.80. The van der Waals surface area contributed by atoms with Gasteiger partial charge in [0.25, 0.3) is 0 Å². The van der Waals surface area contributed by atoms with Crippen LogP contribution in [0.5, 0.6) is 0 Å². The predicted molar refractivity (Wildman–Crippen MR) is 137 cm³/mol. The molecular formula is C30H52O4. The van der Waals surface area contributed by atoms with Gasteiger partial charge in [0.15, 0.2) is 0 Å². The molecule has 196 valence electrons. The van der Waals surface area contributed by atoms with Crippen LogP contribution in [0.25, 0.3) is 0 Å². The Morgan fingerprint density at radius 2 is 1.79 bits per heavy atom. The van der Waals surface area contributed by atoms with Crippen LogP contribution < -0.4 is 0 Å². The topological polar surface area (TPSA) is 69.9 Å². The van der Waals surface area contributed by atoms with E-state index in [-0.39, 0.29) is 24.2 Å². The fourth-order valence-electron chi connectivity index (χ4n) is 9.10. The molecular weight excluding hydrogens is 424 g/mol. The number of allylic oxidation sites excluding steroid dienone is 1. The summed E-state index contributed by atoms with van der Waals surface area (Å²) >= 11 is 0. The van der Waals surface area contributed by atoms with Gasteiger partial charge >= 0.3 is 0 Å². The van der Waals surface area contributed by atoms with E-state index in [1.54, 1.807) is 13.8 Å². The quantitative estimate of drug-likeness (QED) is 0.383. The highest BCUT2D eigenvalue weighted by atomic mass is 16.5. The van der Waals surface area contributed by atoms with Crippen LogP contribution in [0.4, 0.5) is 0 Å². The molecule has 0 amide bonds. The average Bonchev–Trinajstić information content (AvgIpc) is 3.09. The van der Waals surface area contributed by atoms with Gasteiger partial charge in [-0.05, 0) is 118 Å². The zero-order valence-corrected chi connectivity index (χ0v) is 22.7. The molecule has 34 heavy (non-hydrogen) atoms. The van der Waals surface area contributed by atoms with Crippen molar-refractivity contribution in [1.29, 1.82) is 0 Å². The van der Waals surface area contributed by atoms with Crippen LogP contribution in [0, 0.1) is 40.4 Å². The van der Waals surface area contributed by atoms with Crippen molar-refractivity contribution in [2.75, 3.05) is 6.61 Å². The van der Waals surface area contributed by atoms with Gasteiger partial charge in [-0.3, -0.25) is 0 Å². The van der Waals surface area contributed by atoms with Gasteiger partial charge in [-0.15, -0.1) is 0 Å². The highest BCUT2D eigenvalue weighted by molar-refractivity contribution is 5.29. The summed E-state index contributed by atoms with van der Waals surface area (Å²) in [5, 5.41) is 31.1. The van der Waals surface area contributed by atoms with Crippen LogP contribution in [0.1, 0.15) is 106 Å². The maximum Gasteiger partial charge on any atom is 0.102 e. The molecule has 0 bridgehead atoms. The molecule has 9 unspecified atom stereocenters. The monoisotopic (exact) mass is 476 g/mol. The number of hydrogen-bond donors (Lipinski definition) is 3. The molecule has 0 aromatic rings. The molecule has 0 radical (unpaired) electrons. The highest BCUT2D eigenvalue weighted by Crippen LogP contribution is 2.67. The molecule has 0 saturated heterocycles. The lowest BCUT2D eigenvalue weighted by atomic mass is 9.46. The molecule has 0 spiro atoms.